The fourth-order valence-electron chi connectivity index (χ4n) is 8.06. The van der Waals surface area contributed by atoms with Gasteiger partial charge in [-0.05, 0) is 66.4 Å². The van der Waals surface area contributed by atoms with E-state index in [0.717, 1.165) is 46.7 Å². The molecule has 262 valence electrons. The fraction of sp³-hybridized carbons (Fsp3) is 0.447. The van der Waals surface area contributed by atoms with E-state index < -0.39 is 24.0 Å². The molecule has 4 aliphatic heterocycles. The molecular formula is C38H45N7O5. The number of methoxy groups -OCH3 is 1. The van der Waals surface area contributed by atoms with Crippen molar-refractivity contribution in [1.82, 2.24) is 25.5 Å². The predicted molar refractivity (Wildman–Crippen MR) is 192 cm³/mol. The van der Waals surface area contributed by atoms with E-state index in [4.69, 9.17) is 19.2 Å². The summed E-state index contributed by atoms with van der Waals surface area (Å²) in [7, 11) is 1.29. The number of hydrogen-bond acceptors (Lipinski definition) is 9. The Morgan fingerprint density at radius 3 is 2.50 bits per heavy atom. The number of rotatable bonds is 7. The number of nitrogens with zero attached hydrogens (tertiary/aromatic N) is 2. The molecule has 3 aromatic carbocycles. The van der Waals surface area contributed by atoms with Gasteiger partial charge < -0.3 is 45.4 Å². The highest BCUT2D eigenvalue weighted by molar-refractivity contribution is 6.04. The van der Waals surface area contributed by atoms with Crippen LogP contribution < -0.4 is 21.3 Å². The van der Waals surface area contributed by atoms with Crippen LogP contribution in [0.4, 0.5) is 16.2 Å². The molecule has 0 aliphatic carbocycles. The van der Waals surface area contributed by atoms with Crippen molar-refractivity contribution in [2.75, 3.05) is 44.0 Å². The van der Waals surface area contributed by atoms with Gasteiger partial charge in [-0.25, -0.2) is 9.78 Å². The third kappa shape index (κ3) is 5.74. The van der Waals surface area contributed by atoms with Gasteiger partial charge in [-0.15, -0.1) is 0 Å². The number of aromatic amines is 1. The lowest BCUT2D eigenvalue weighted by molar-refractivity contribution is -0.153. The molecule has 1 aromatic heterocycles. The molecule has 1 spiro atoms. The summed E-state index contributed by atoms with van der Waals surface area (Å²) in [6.45, 7) is 8.25. The van der Waals surface area contributed by atoms with E-state index in [1.165, 1.54) is 24.3 Å². The quantitative estimate of drug-likeness (QED) is 0.169. The minimum absolute atomic E-state index is 0.165. The number of carbonyl (C=O) groups excluding carboxylic acids is 2. The van der Waals surface area contributed by atoms with E-state index in [9.17, 15) is 9.59 Å². The smallest absolute Gasteiger partial charge is 0.407 e. The number of fused-ring (bicyclic) bond motifs is 3. The molecule has 50 heavy (non-hydrogen) atoms. The van der Waals surface area contributed by atoms with Crippen LogP contribution in [0.1, 0.15) is 51.9 Å². The van der Waals surface area contributed by atoms with E-state index in [1.807, 2.05) is 13.8 Å². The number of ether oxygens (including phenoxy) is 3. The number of H-pyrrole nitrogens is 1. The third-order valence-corrected chi connectivity index (χ3v) is 10.8. The van der Waals surface area contributed by atoms with Crippen LogP contribution in [0.25, 0.3) is 33.2 Å². The van der Waals surface area contributed by atoms with Gasteiger partial charge in [0, 0.05) is 17.8 Å². The molecule has 12 heteroatoms. The predicted octanol–water partition coefficient (Wildman–Crippen LogP) is 5.60. The molecule has 1 unspecified atom stereocenters. The lowest BCUT2D eigenvalue weighted by Gasteiger charge is -2.33. The third-order valence-electron chi connectivity index (χ3n) is 10.8. The fourth-order valence-corrected chi connectivity index (χ4v) is 8.06. The molecule has 5 N–H and O–H groups in total. The van der Waals surface area contributed by atoms with E-state index >= 15 is 0 Å². The van der Waals surface area contributed by atoms with Gasteiger partial charge in [-0.3, -0.25) is 4.79 Å². The Bertz CT molecular complexity index is 1910. The van der Waals surface area contributed by atoms with Gasteiger partial charge in [-0.2, -0.15) is 0 Å². The van der Waals surface area contributed by atoms with Crippen LogP contribution in [0.5, 0.6) is 0 Å². The van der Waals surface area contributed by atoms with Crippen LogP contribution in [0.15, 0.2) is 60.8 Å². The Morgan fingerprint density at radius 1 is 1.02 bits per heavy atom. The number of alkyl carbamates (subject to hydrolysis) is 1. The molecular weight excluding hydrogens is 634 g/mol. The lowest BCUT2D eigenvalue weighted by Crippen LogP contribution is -2.54. The molecule has 12 nitrogen and oxygen atoms in total. The molecule has 4 aliphatic rings. The number of nitrogens with one attached hydrogen (secondary N) is 5. The van der Waals surface area contributed by atoms with Crippen LogP contribution >= 0.6 is 0 Å². The van der Waals surface area contributed by atoms with E-state index in [1.54, 1.807) is 11.1 Å². The molecule has 0 radical (unpaired) electrons. The molecule has 4 aromatic rings. The van der Waals surface area contributed by atoms with Crippen molar-refractivity contribution >= 4 is 34.1 Å². The van der Waals surface area contributed by atoms with Crippen LogP contribution in [-0.2, 0) is 19.0 Å². The standard InChI is InChI=1S/C38H45N7O5/c1-22(2)32(42-36(47)48-4)35(46)45-21-38(49-16-17-50-38)19-30(45)34-40-20-29(41-34)24-9-7-23(8-10-24)25-11-13-27-26(18-25)12-14-28-33(27)44-37(3,43-28)31-6-5-15-39-31/h7-14,18,20,22,30-32,39,43-44H,5-6,15-17,19,21H2,1-4H3,(H,40,41)(H,42,47)/t30-,31-,32-,37?/m0/s1. The second-order valence-corrected chi connectivity index (χ2v) is 14.4. The Balaban J connectivity index is 1.02. The van der Waals surface area contributed by atoms with E-state index in [0.29, 0.717) is 31.5 Å². The Labute approximate surface area is 291 Å². The number of carbonyl (C=O) groups is 2. The monoisotopic (exact) mass is 679 g/mol. The largest absolute Gasteiger partial charge is 0.453 e. The first-order valence-electron chi connectivity index (χ1n) is 17.6. The minimum Gasteiger partial charge on any atom is -0.453 e. The zero-order chi connectivity index (χ0) is 34.6. The molecule has 5 heterocycles. The second kappa shape index (κ2) is 12.6. The van der Waals surface area contributed by atoms with E-state index in [-0.39, 0.29) is 24.0 Å². The van der Waals surface area contributed by atoms with Crippen molar-refractivity contribution in [2.24, 2.45) is 5.92 Å². The lowest BCUT2D eigenvalue weighted by atomic mass is 9.98. The van der Waals surface area contributed by atoms with Gasteiger partial charge in [0.15, 0.2) is 5.79 Å². The molecule has 2 amide bonds. The summed E-state index contributed by atoms with van der Waals surface area (Å²) in [6, 6.07) is 18.6. The Morgan fingerprint density at radius 2 is 1.78 bits per heavy atom. The highest BCUT2D eigenvalue weighted by Crippen LogP contribution is 2.44. The number of hydrogen-bond donors (Lipinski definition) is 5. The van der Waals surface area contributed by atoms with Gasteiger partial charge in [0.1, 0.15) is 17.5 Å². The molecule has 8 rings (SSSR count). The van der Waals surface area contributed by atoms with Gasteiger partial charge in [-0.1, -0.05) is 56.3 Å². The summed E-state index contributed by atoms with van der Waals surface area (Å²) in [4.78, 5) is 35.9. The molecule has 3 fully saturated rings. The highest BCUT2D eigenvalue weighted by atomic mass is 16.7. The average Bonchev–Trinajstić information content (AvgIpc) is 3.97. The topological polar surface area (TPSA) is 142 Å². The van der Waals surface area contributed by atoms with Crippen LogP contribution in [-0.4, -0.2) is 83.8 Å². The summed E-state index contributed by atoms with van der Waals surface area (Å²) in [5.74, 6) is -0.664. The van der Waals surface area contributed by atoms with Crippen molar-refractivity contribution in [1.29, 1.82) is 0 Å². The summed E-state index contributed by atoms with van der Waals surface area (Å²) >= 11 is 0. The van der Waals surface area contributed by atoms with Crippen molar-refractivity contribution in [3.05, 3.63) is 66.6 Å². The zero-order valence-corrected chi connectivity index (χ0v) is 29.0. The maximum atomic E-state index is 13.9. The van der Waals surface area contributed by atoms with Gasteiger partial charge in [0.25, 0.3) is 0 Å². The number of aromatic nitrogens is 2. The second-order valence-electron chi connectivity index (χ2n) is 14.4. The average molecular weight is 680 g/mol. The molecule has 4 atom stereocenters. The normalized spacial score (nSPS) is 24.4. The Hall–Kier alpha value is -4.65. The van der Waals surface area contributed by atoms with Gasteiger partial charge >= 0.3 is 6.09 Å². The minimum atomic E-state index is -0.902. The summed E-state index contributed by atoms with van der Waals surface area (Å²) in [6.07, 6.45) is 3.93. The van der Waals surface area contributed by atoms with Gasteiger partial charge in [0.05, 0.1) is 56.2 Å². The molecule has 3 saturated heterocycles. The van der Waals surface area contributed by atoms with Crippen LogP contribution in [0, 0.1) is 5.92 Å². The number of amides is 2. The first-order valence-corrected chi connectivity index (χ1v) is 17.6. The van der Waals surface area contributed by atoms with Crippen molar-refractivity contribution in [2.45, 2.75) is 69.6 Å². The maximum absolute atomic E-state index is 13.9. The highest BCUT2D eigenvalue weighted by Gasteiger charge is 2.52. The van der Waals surface area contributed by atoms with Crippen LogP contribution in [0.3, 0.4) is 0 Å². The van der Waals surface area contributed by atoms with E-state index in [2.05, 4.69) is 87.8 Å². The summed E-state index contributed by atoms with van der Waals surface area (Å²) < 4.78 is 16.8. The maximum Gasteiger partial charge on any atom is 0.407 e. The molecule has 0 bridgehead atoms. The number of likely N-dealkylation sites (tertiary alicyclic amines) is 1. The molecule has 0 saturated carbocycles. The zero-order valence-electron chi connectivity index (χ0n) is 29.0. The summed E-state index contributed by atoms with van der Waals surface area (Å²) in [5.41, 5.74) is 6.17. The Kier molecular flexibility index (Phi) is 8.20. The van der Waals surface area contributed by atoms with Crippen LogP contribution in [0.2, 0.25) is 0 Å². The van der Waals surface area contributed by atoms with Gasteiger partial charge in [0.2, 0.25) is 5.91 Å². The van der Waals surface area contributed by atoms with Crippen molar-refractivity contribution in [3.8, 4) is 22.4 Å². The number of anilines is 2. The number of imidazole rings is 1. The van der Waals surface area contributed by atoms with Crippen molar-refractivity contribution in [3.63, 3.8) is 0 Å². The number of benzene rings is 3. The van der Waals surface area contributed by atoms with Crippen molar-refractivity contribution < 1.29 is 23.8 Å². The SMILES string of the molecule is COC(=O)N[C@H](C(=O)N1CC2(C[C@H]1c1ncc(-c3ccc(-c4ccc5c6c(ccc5c4)NC(C)([C@@H]4CCCN4)N6)cc3)[nH]1)OCCO2)C(C)C. The summed E-state index contributed by atoms with van der Waals surface area (Å²) in [5, 5.41) is 16.3. The first-order chi connectivity index (χ1) is 24.1. The first kappa shape index (κ1) is 32.5.